The highest BCUT2D eigenvalue weighted by Gasteiger charge is 2.17. The van der Waals surface area contributed by atoms with Crippen molar-refractivity contribution in [2.24, 2.45) is 5.41 Å². The minimum absolute atomic E-state index is 0.0678. The third kappa shape index (κ3) is 3.31. The first-order valence-corrected chi connectivity index (χ1v) is 5.21. The van der Waals surface area contributed by atoms with E-state index in [0.29, 0.717) is 0 Å². The van der Waals surface area contributed by atoms with Crippen LogP contribution >= 0.6 is 11.8 Å². The van der Waals surface area contributed by atoms with Gasteiger partial charge in [0, 0.05) is 5.41 Å². The van der Waals surface area contributed by atoms with Crippen molar-refractivity contribution in [3.63, 3.8) is 0 Å². The van der Waals surface area contributed by atoms with Crippen LogP contribution in [-0.2, 0) is 0 Å². The maximum atomic E-state index is 3.87. The quantitative estimate of drug-likeness (QED) is 0.467. The zero-order chi connectivity index (χ0) is 9.78. The van der Waals surface area contributed by atoms with Gasteiger partial charge in [0.1, 0.15) is 0 Å². The topological polar surface area (TPSA) is 0 Å². The summed E-state index contributed by atoms with van der Waals surface area (Å²) >= 11 is 1.76. The first kappa shape index (κ1) is 11.6. The number of hydrogen-bond donors (Lipinski definition) is 0. The SMILES string of the molecule is C=CC(C)(C)/C(=C/C(=C)C)SC. The standard InChI is InChI=1S/C11H18S/c1-7-11(4,5)10(12-6)8-9(2)3/h7-8H,1-2H2,3-6H3/b10-8-. The Hall–Kier alpha value is -0.430. The zero-order valence-corrected chi connectivity index (χ0v) is 9.29. The Balaban J connectivity index is 4.78. The van der Waals surface area contributed by atoms with Crippen molar-refractivity contribution >= 4 is 11.8 Å². The number of rotatable bonds is 4. The van der Waals surface area contributed by atoms with E-state index in [0.717, 1.165) is 5.57 Å². The van der Waals surface area contributed by atoms with Crippen molar-refractivity contribution in [2.75, 3.05) is 6.26 Å². The highest BCUT2D eigenvalue weighted by atomic mass is 32.2. The highest BCUT2D eigenvalue weighted by Crippen LogP contribution is 2.35. The molecule has 1 heteroatoms. The maximum absolute atomic E-state index is 3.87. The Bertz CT molecular complexity index is 209. The van der Waals surface area contributed by atoms with Gasteiger partial charge in [0.05, 0.1) is 0 Å². The third-order valence-electron chi connectivity index (χ3n) is 1.74. The average molecular weight is 182 g/mol. The van der Waals surface area contributed by atoms with Gasteiger partial charge in [-0.3, -0.25) is 0 Å². The molecule has 0 saturated carbocycles. The molecule has 0 aromatic carbocycles. The lowest BCUT2D eigenvalue weighted by Crippen LogP contribution is -2.08. The van der Waals surface area contributed by atoms with Gasteiger partial charge < -0.3 is 0 Å². The van der Waals surface area contributed by atoms with Gasteiger partial charge in [-0.25, -0.2) is 0 Å². The van der Waals surface area contributed by atoms with E-state index in [1.54, 1.807) is 11.8 Å². The van der Waals surface area contributed by atoms with E-state index in [1.807, 2.05) is 13.0 Å². The monoisotopic (exact) mass is 182 g/mol. The molecule has 0 spiro atoms. The molecule has 0 atom stereocenters. The van der Waals surface area contributed by atoms with Crippen LogP contribution in [0.3, 0.4) is 0 Å². The van der Waals surface area contributed by atoms with Gasteiger partial charge in [-0.05, 0) is 24.2 Å². The lowest BCUT2D eigenvalue weighted by Gasteiger charge is -2.22. The van der Waals surface area contributed by atoms with Crippen molar-refractivity contribution in [3.8, 4) is 0 Å². The Morgan fingerprint density at radius 2 is 1.92 bits per heavy atom. The summed E-state index contributed by atoms with van der Waals surface area (Å²) in [5.74, 6) is 0. The molecule has 0 N–H and O–H groups in total. The van der Waals surface area contributed by atoms with E-state index < -0.39 is 0 Å². The molecular formula is C11H18S. The third-order valence-corrected chi connectivity index (χ3v) is 2.83. The van der Waals surface area contributed by atoms with Crippen LogP contribution < -0.4 is 0 Å². The second-order valence-corrected chi connectivity index (χ2v) is 4.33. The summed E-state index contributed by atoms with van der Waals surface area (Å²) in [6, 6.07) is 0. The minimum atomic E-state index is 0.0678. The second-order valence-electron chi connectivity index (χ2n) is 3.48. The van der Waals surface area contributed by atoms with Crippen molar-refractivity contribution < 1.29 is 0 Å². The largest absolute Gasteiger partial charge is 0.133 e. The summed E-state index contributed by atoms with van der Waals surface area (Å²) in [7, 11) is 0. The summed E-state index contributed by atoms with van der Waals surface area (Å²) < 4.78 is 0. The molecule has 68 valence electrons. The lowest BCUT2D eigenvalue weighted by molar-refractivity contribution is 0.615. The van der Waals surface area contributed by atoms with E-state index in [2.05, 4.69) is 39.3 Å². The molecule has 0 heterocycles. The van der Waals surface area contributed by atoms with E-state index in [-0.39, 0.29) is 5.41 Å². The number of thioether (sulfide) groups is 1. The van der Waals surface area contributed by atoms with Gasteiger partial charge in [-0.2, -0.15) is 0 Å². The van der Waals surface area contributed by atoms with Crippen molar-refractivity contribution in [2.45, 2.75) is 20.8 Å². The van der Waals surface area contributed by atoms with Crippen LogP contribution in [-0.4, -0.2) is 6.26 Å². The predicted octanol–water partition coefficient (Wildman–Crippen LogP) is 4.02. The molecule has 0 saturated heterocycles. The fourth-order valence-electron chi connectivity index (χ4n) is 0.832. The van der Waals surface area contributed by atoms with E-state index in [1.165, 1.54) is 4.91 Å². The van der Waals surface area contributed by atoms with Crippen molar-refractivity contribution in [3.05, 3.63) is 35.8 Å². The Morgan fingerprint density at radius 3 is 2.17 bits per heavy atom. The van der Waals surface area contributed by atoms with Crippen molar-refractivity contribution in [1.29, 1.82) is 0 Å². The van der Waals surface area contributed by atoms with E-state index in [9.17, 15) is 0 Å². The minimum Gasteiger partial charge on any atom is -0.133 e. The zero-order valence-electron chi connectivity index (χ0n) is 8.48. The summed E-state index contributed by atoms with van der Waals surface area (Å²) in [4.78, 5) is 1.31. The van der Waals surface area contributed by atoms with E-state index >= 15 is 0 Å². The first-order valence-electron chi connectivity index (χ1n) is 3.99. The first-order chi connectivity index (χ1) is 5.44. The molecule has 0 aromatic rings. The molecule has 0 aliphatic heterocycles. The van der Waals surface area contributed by atoms with Crippen molar-refractivity contribution in [1.82, 2.24) is 0 Å². The number of hydrogen-bond acceptors (Lipinski definition) is 1. The summed E-state index contributed by atoms with van der Waals surface area (Å²) in [6.45, 7) is 14.0. The smallest absolute Gasteiger partial charge is 0.0132 e. The lowest BCUT2D eigenvalue weighted by atomic mass is 9.92. The van der Waals surface area contributed by atoms with Gasteiger partial charge in [0.25, 0.3) is 0 Å². The molecule has 12 heavy (non-hydrogen) atoms. The Kier molecular flexibility index (Phi) is 4.40. The van der Waals surface area contributed by atoms with Crippen LogP contribution in [0.2, 0.25) is 0 Å². The molecule has 0 nitrogen and oxygen atoms in total. The predicted molar refractivity (Wildman–Crippen MR) is 60.4 cm³/mol. The molecule has 0 aliphatic carbocycles. The normalized spacial score (nSPS) is 12.8. The Morgan fingerprint density at radius 1 is 1.42 bits per heavy atom. The van der Waals surface area contributed by atoms with Gasteiger partial charge in [-0.1, -0.05) is 32.1 Å². The molecule has 0 bridgehead atoms. The Labute approximate surface area is 80.4 Å². The maximum Gasteiger partial charge on any atom is 0.0132 e. The van der Waals surface area contributed by atoms with Gasteiger partial charge in [0.2, 0.25) is 0 Å². The van der Waals surface area contributed by atoms with Gasteiger partial charge in [0.15, 0.2) is 0 Å². The van der Waals surface area contributed by atoms with E-state index in [4.69, 9.17) is 0 Å². The molecule has 0 unspecified atom stereocenters. The molecular weight excluding hydrogens is 164 g/mol. The molecule has 0 amide bonds. The fraction of sp³-hybridized carbons (Fsp3) is 0.455. The molecule has 0 aliphatic rings. The fourth-order valence-corrected chi connectivity index (χ4v) is 1.76. The average Bonchev–Trinajstić information content (AvgIpc) is 1.99. The van der Waals surface area contributed by atoms with Crippen LogP contribution in [0.15, 0.2) is 35.8 Å². The van der Waals surface area contributed by atoms with Crippen LogP contribution in [0.25, 0.3) is 0 Å². The summed E-state index contributed by atoms with van der Waals surface area (Å²) in [6.07, 6.45) is 6.17. The summed E-state index contributed by atoms with van der Waals surface area (Å²) in [5.41, 5.74) is 1.16. The van der Waals surface area contributed by atoms with Gasteiger partial charge >= 0.3 is 0 Å². The number of allylic oxidation sites excluding steroid dienone is 4. The molecule has 0 rings (SSSR count). The van der Waals surface area contributed by atoms with Gasteiger partial charge in [-0.15, -0.1) is 18.3 Å². The molecule has 0 fully saturated rings. The van der Waals surface area contributed by atoms with Crippen LogP contribution in [0, 0.1) is 5.41 Å². The highest BCUT2D eigenvalue weighted by molar-refractivity contribution is 8.02. The van der Waals surface area contributed by atoms with Crippen LogP contribution in [0.5, 0.6) is 0 Å². The molecule has 0 aromatic heterocycles. The molecule has 0 radical (unpaired) electrons. The summed E-state index contributed by atoms with van der Waals surface area (Å²) in [5, 5.41) is 0. The van der Waals surface area contributed by atoms with Crippen LogP contribution in [0.4, 0.5) is 0 Å². The second kappa shape index (κ2) is 4.56. The van der Waals surface area contributed by atoms with Crippen LogP contribution in [0.1, 0.15) is 20.8 Å².